The lowest BCUT2D eigenvalue weighted by Gasteiger charge is -2.56. The largest absolute Gasteiger partial charge is 0.394 e. The van der Waals surface area contributed by atoms with E-state index in [1.54, 1.807) is 12.1 Å². The number of amides is 3. The summed E-state index contributed by atoms with van der Waals surface area (Å²) in [7, 11) is 7.87. The number of nitrogens with zero attached hydrogens (tertiary/aromatic N) is 2. The van der Waals surface area contributed by atoms with Gasteiger partial charge in [0.2, 0.25) is 5.91 Å². The molecule has 3 amide bonds. The van der Waals surface area contributed by atoms with Crippen molar-refractivity contribution < 1.29 is 29.3 Å². The van der Waals surface area contributed by atoms with E-state index in [9.17, 15) is 24.6 Å². The summed E-state index contributed by atoms with van der Waals surface area (Å²) in [5.41, 5.74) is -2.41. The number of ether oxygens (including phenoxy) is 1. The summed E-state index contributed by atoms with van der Waals surface area (Å²) in [5.74, 6) is -2.32. The van der Waals surface area contributed by atoms with Crippen molar-refractivity contribution in [2.75, 3.05) is 31.6 Å². The number of aliphatic hydroxyl groups is 2. The van der Waals surface area contributed by atoms with E-state index in [0.29, 0.717) is 11.1 Å². The topological polar surface area (TPSA) is 131 Å². The zero-order valence-electron chi connectivity index (χ0n) is 23.7. The van der Waals surface area contributed by atoms with Crippen molar-refractivity contribution in [2.45, 2.75) is 34.9 Å². The Balaban J connectivity index is 1.43. The number of imide groups is 1. The summed E-state index contributed by atoms with van der Waals surface area (Å²) < 4.78 is 5.47. The Bertz CT molecular complexity index is 1380. The normalized spacial score (nSPS) is 29.2. The lowest BCUT2D eigenvalue weighted by atomic mass is 9.43. The number of rotatable bonds is 6. The van der Waals surface area contributed by atoms with Crippen LogP contribution >= 0.6 is 0 Å². The molecule has 0 bridgehead atoms. The second-order valence-corrected chi connectivity index (χ2v) is 12.1. The number of hydrogen-bond acceptors (Lipinski definition) is 8. The summed E-state index contributed by atoms with van der Waals surface area (Å²) in [6, 6.07) is 13.8. The van der Waals surface area contributed by atoms with Gasteiger partial charge in [0.05, 0.1) is 18.7 Å². The second kappa shape index (κ2) is 9.83. The van der Waals surface area contributed by atoms with E-state index in [1.165, 1.54) is 26.2 Å². The molecule has 5 rings (SSSR count). The predicted octanol–water partition coefficient (Wildman–Crippen LogP) is -5.41. The second-order valence-electron chi connectivity index (χ2n) is 12.1. The van der Waals surface area contributed by atoms with Crippen LogP contribution in [-0.2, 0) is 32.8 Å². The fourth-order valence-electron chi connectivity index (χ4n) is 5.94. The number of piperidine rings is 1. The number of carbonyl (C=O) groups excluding carboxylic acids is 3. The van der Waals surface area contributed by atoms with Crippen molar-refractivity contribution in [1.82, 2.24) is 15.1 Å². The van der Waals surface area contributed by atoms with Crippen molar-refractivity contribution >= 4 is 62.6 Å². The van der Waals surface area contributed by atoms with Crippen LogP contribution in [0.3, 0.4) is 0 Å². The van der Waals surface area contributed by atoms with Crippen LogP contribution < -0.4 is 10.6 Å². The average molecular weight is 540 g/mol. The van der Waals surface area contributed by atoms with E-state index in [0.717, 1.165) is 51.9 Å². The van der Waals surface area contributed by atoms with Crippen molar-refractivity contribution in [3.05, 3.63) is 64.7 Å². The summed E-state index contributed by atoms with van der Waals surface area (Å²) in [6.45, 7) is 4.14. The van der Waals surface area contributed by atoms with Gasteiger partial charge in [0.25, 0.3) is 11.8 Å². The van der Waals surface area contributed by atoms with Gasteiger partial charge < -0.3 is 25.2 Å². The Morgan fingerprint density at radius 2 is 1.68 bits per heavy atom. The van der Waals surface area contributed by atoms with Crippen LogP contribution in [0.5, 0.6) is 0 Å². The van der Waals surface area contributed by atoms with Gasteiger partial charge in [-0.05, 0) is 28.6 Å². The Hall–Kier alpha value is -2.99. The van der Waals surface area contributed by atoms with E-state index >= 15 is 0 Å². The summed E-state index contributed by atoms with van der Waals surface area (Å²) >= 11 is 0. The molecule has 0 aliphatic carbocycles. The first-order valence-electron chi connectivity index (χ1n) is 13.6. The van der Waals surface area contributed by atoms with Gasteiger partial charge in [-0.1, -0.05) is 30.3 Å². The number of nitrogens with one attached hydrogen (secondary N) is 2. The molecule has 2 aromatic carbocycles. The highest BCUT2D eigenvalue weighted by atomic mass is 16.5. The van der Waals surface area contributed by atoms with Gasteiger partial charge in [0, 0.05) is 43.0 Å². The van der Waals surface area contributed by atoms with Crippen LogP contribution in [0.2, 0.25) is 0 Å². The third kappa shape index (κ3) is 4.39. The molecule has 3 heterocycles. The highest BCUT2D eigenvalue weighted by Gasteiger charge is 2.68. The highest BCUT2D eigenvalue weighted by molar-refractivity contribution is 6.47. The fraction of sp³-hybridized carbons (Fsp3) is 0.400. The Morgan fingerprint density at radius 3 is 2.38 bits per heavy atom. The van der Waals surface area contributed by atoms with Crippen LogP contribution in [0.4, 0.5) is 5.69 Å². The molecule has 0 saturated carbocycles. The van der Waals surface area contributed by atoms with Crippen LogP contribution in [0.25, 0.3) is 0 Å². The molecule has 2 saturated heterocycles. The molecule has 10 nitrogen and oxygen atoms in total. The van der Waals surface area contributed by atoms with Crippen molar-refractivity contribution in [1.29, 1.82) is 0 Å². The van der Waals surface area contributed by atoms with Gasteiger partial charge in [-0.15, -0.1) is 0 Å². The maximum absolute atomic E-state index is 13.7. The van der Waals surface area contributed by atoms with Crippen molar-refractivity contribution in [3.8, 4) is 0 Å². The molecule has 3 atom stereocenters. The smallest absolute Gasteiger partial charge is 0.254 e. The standard InChI is InChI=1S/C25H33B5N4O6/c26-22(20(36)31-21(37)23(27,38)25(22,30)39)34-13-17-16(19(34)35)5-2-6-18(17)32-24(28,29)15-4-1-3-14(11-15)12-33-7-9-40-10-8-33/h1-6,11,32,38-39H,7-10,12-13,26-30H2,(H,31,36,37). The number of hydrogen-bond donors (Lipinski definition) is 4. The van der Waals surface area contributed by atoms with Crippen LogP contribution in [-0.4, -0.2) is 120 Å². The summed E-state index contributed by atoms with van der Waals surface area (Å²) in [6.07, 6.45) is 0. The van der Waals surface area contributed by atoms with E-state index in [1.807, 2.05) is 12.1 Å². The quantitative estimate of drug-likeness (QED) is 0.211. The first kappa shape index (κ1) is 28.5. The highest BCUT2D eigenvalue weighted by Crippen LogP contribution is 2.42. The van der Waals surface area contributed by atoms with Crippen molar-refractivity contribution in [2.24, 2.45) is 0 Å². The number of anilines is 1. The molecule has 15 heteroatoms. The zero-order chi connectivity index (χ0) is 29.1. The number of morpholine rings is 1. The zero-order valence-corrected chi connectivity index (χ0v) is 23.7. The average Bonchev–Trinajstić information content (AvgIpc) is 3.25. The SMILES string of the molecule is BC(B)(Nc1cccc2c1CN(C1(B)C(=O)NC(=O)C(B)(O)C1(B)O)C2=O)c1cccc(CN2CCOCC2)c1. The number of fused-ring (bicyclic) bond motifs is 1. The maximum atomic E-state index is 13.7. The van der Waals surface area contributed by atoms with Crippen LogP contribution in [0.15, 0.2) is 42.5 Å². The lowest BCUT2D eigenvalue weighted by Crippen LogP contribution is -2.86. The molecule has 3 aliphatic rings. The number of carbonyl (C=O) groups is 3. The van der Waals surface area contributed by atoms with Gasteiger partial charge in [-0.3, -0.25) is 24.6 Å². The monoisotopic (exact) mass is 540 g/mol. The molecular formula is C25H33B5N4O6. The summed E-state index contributed by atoms with van der Waals surface area (Å²) in [4.78, 5) is 42.8. The minimum Gasteiger partial charge on any atom is -0.394 e. The van der Waals surface area contributed by atoms with Crippen LogP contribution in [0, 0.1) is 0 Å². The van der Waals surface area contributed by atoms with Gasteiger partial charge in [-0.2, -0.15) is 0 Å². The molecule has 3 aliphatic heterocycles. The van der Waals surface area contributed by atoms with E-state index in [2.05, 4.69) is 49.4 Å². The molecule has 4 N–H and O–H groups in total. The Morgan fingerprint density at radius 1 is 1.00 bits per heavy atom. The lowest BCUT2D eigenvalue weighted by molar-refractivity contribution is -0.172. The minimum atomic E-state index is -2.31. The van der Waals surface area contributed by atoms with E-state index in [4.69, 9.17) is 4.74 Å². The van der Waals surface area contributed by atoms with E-state index < -0.39 is 39.5 Å². The predicted molar refractivity (Wildman–Crippen MR) is 163 cm³/mol. The Kier molecular flexibility index (Phi) is 7.02. The molecule has 2 aromatic rings. The molecule has 40 heavy (non-hydrogen) atoms. The summed E-state index contributed by atoms with van der Waals surface area (Å²) in [5, 5.41) is 27.5. The molecule has 0 aromatic heterocycles. The first-order chi connectivity index (χ1) is 18.7. The third-order valence-electron chi connectivity index (χ3n) is 9.12. The third-order valence-corrected chi connectivity index (χ3v) is 9.12. The van der Waals surface area contributed by atoms with Gasteiger partial charge in [0.1, 0.15) is 42.3 Å². The molecule has 2 fully saturated rings. The fourth-order valence-corrected chi connectivity index (χ4v) is 5.94. The molecule has 204 valence electrons. The molecule has 0 spiro atoms. The Labute approximate surface area is 238 Å². The minimum absolute atomic E-state index is 0.00876. The van der Waals surface area contributed by atoms with Gasteiger partial charge >= 0.3 is 0 Å². The van der Waals surface area contributed by atoms with E-state index in [-0.39, 0.29) is 6.54 Å². The first-order valence-corrected chi connectivity index (χ1v) is 13.6. The number of benzene rings is 2. The molecule has 0 radical (unpaired) electrons. The molecule has 3 unspecified atom stereocenters. The van der Waals surface area contributed by atoms with Gasteiger partial charge in [0.15, 0.2) is 7.85 Å². The molecular weight excluding hydrogens is 506 g/mol. The van der Waals surface area contributed by atoms with Crippen molar-refractivity contribution in [3.63, 3.8) is 0 Å². The van der Waals surface area contributed by atoms with Gasteiger partial charge in [-0.25, -0.2) is 0 Å². The van der Waals surface area contributed by atoms with Crippen LogP contribution in [0.1, 0.15) is 27.0 Å². The maximum Gasteiger partial charge on any atom is 0.254 e.